The summed E-state index contributed by atoms with van der Waals surface area (Å²) in [6.07, 6.45) is 2.13. The number of halogens is 1. The first-order valence-corrected chi connectivity index (χ1v) is 11.7. The molecule has 2 aromatic carbocycles. The summed E-state index contributed by atoms with van der Waals surface area (Å²) >= 11 is 5.89. The third-order valence-corrected chi connectivity index (χ3v) is 6.21. The second-order valence-electron chi connectivity index (χ2n) is 8.62. The van der Waals surface area contributed by atoms with Crippen molar-refractivity contribution in [2.24, 2.45) is 7.05 Å². The highest BCUT2D eigenvalue weighted by atomic mass is 35.5. The lowest BCUT2D eigenvalue weighted by Gasteiger charge is -2.11. The molecule has 1 saturated carbocycles. The van der Waals surface area contributed by atoms with Gasteiger partial charge < -0.3 is 4.74 Å². The fourth-order valence-corrected chi connectivity index (χ4v) is 4.06. The van der Waals surface area contributed by atoms with E-state index in [4.69, 9.17) is 21.3 Å². The number of nitrogens with one attached hydrogen (secondary N) is 2. The fraction of sp³-hybridized carbons (Fsp3) is 0.231. The number of hydrazine groups is 1. The van der Waals surface area contributed by atoms with Gasteiger partial charge in [0.15, 0.2) is 5.65 Å². The van der Waals surface area contributed by atoms with Gasteiger partial charge in [0, 0.05) is 29.2 Å². The number of benzene rings is 2. The van der Waals surface area contributed by atoms with Crippen LogP contribution in [0.2, 0.25) is 5.02 Å². The van der Waals surface area contributed by atoms with Crippen LogP contribution < -0.4 is 15.6 Å². The second kappa shape index (κ2) is 9.38. The fourth-order valence-electron chi connectivity index (χ4n) is 3.93. The van der Waals surface area contributed by atoms with Crippen molar-refractivity contribution in [3.05, 3.63) is 87.7 Å². The number of carbonyl (C=O) groups excluding carboxylic acids is 2. The number of nitrogens with zero attached hydrogens (tertiary/aromatic N) is 3. The van der Waals surface area contributed by atoms with Gasteiger partial charge in [0.1, 0.15) is 12.4 Å². The molecule has 0 spiro atoms. The molecule has 0 aliphatic heterocycles. The van der Waals surface area contributed by atoms with E-state index < -0.39 is 11.8 Å². The van der Waals surface area contributed by atoms with E-state index in [1.807, 2.05) is 20.0 Å². The van der Waals surface area contributed by atoms with Crippen molar-refractivity contribution in [3.8, 4) is 5.75 Å². The molecule has 0 bridgehead atoms. The molecule has 4 aromatic rings. The SMILES string of the molecule is Cc1nn(C)c2nc(C3CC3)cc(C(=O)NNC(=O)c3ccc(COc4ccc(Cl)cc4)cc3)c12. The maximum absolute atomic E-state index is 13.0. The molecule has 35 heavy (non-hydrogen) atoms. The van der Waals surface area contributed by atoms with Crippen molar-refractivity contribution in [2.75, 3.05) is 0 Å². The molecule has 1 aliphatic carbocycles. The molecule has 0 radical (unpaired) electrons. The summed E-state index contributed by atoms with van der Waals surface area (Å²) in [6, 6.07) is 15.9. The molecule has 2 heterocycles. The molecule has 0 atom stereocenters. The number of carbonyl (C=O) groups is 2. The maximum atomic E-state index is 13.0. The molecule has 2 N–H and O–H groups in total. The Balaban J connectivity index is 1.23. The third-order valence-electron chi connectivity index (χ3n) is 5.95. The molecule has 9 heteroatoms. The second-order valence-corrected chi connectivity index (χ2v) is 9.06. The quantitative estimate of drug-likeness (QED) is 0.390. The van der Waals surface area contributed by atoms with Crippen LogP contribution >= 0.6 is 11.6 Å². The van der Waals surface area contributed by atoms with Gasteiger partial charge in [-0.15, -0.1) is 0 Å². The molecule has 8 nitrogen and oxygen atoms in total. The molecular formula is C26H24ClN5O3. The molecule has 178 valence electrons. The Bertz CT molecular complexity index is 1410. The summed E-state index contributed by atoms with van der Waals surface area (Å²) in [4.78, 5) is 30.4. The van der Waals surface area contributed by atoms with Gasteiger partial charge in [-0.2, -0.15) is 5.10 Å². The van der Waals surface area contributed by atoms with Crippen LogP contribution in [0.15, 0.2) is 54.6 Å². The summed E-state index contributed by atoms with van der Waals surface area (Å²) in [6.45, 7) is 2.19. The molecule has 5 rings (SSSR count). The van der Waals surface area contributed by atoms with E-state index in [0.29, 0.717) is 51.2 Å². The maximum Gasteiger partial charge on any atom is 0.270 e. The lowest BCUT2D eigenvalue weighted by Crippen LogP contribution is -2.41. The van der Waals surface area contributed by atoms with Crippen LogP contribution in [-0.4, -0.2) is 26.6 Å². The number of aromatic nitrogens is 3. The third kappa shape index (κ3) is 4.97. The minimum atomic E-state index is -0.417. The van der Waals surface area contributed by atoms with E-state index in [0.717, 1.165) is 24.1 Å². The topological polar surface area (TPSA) is 98.1 Å². The molecule has 1 fully saturated rings. The van der Waals surface area contributed by atoms with Gasteiger partial charge in [0.2, 0.25) is 0 Å². The number of fused-ring (bicyclic) bond motifs is 1. The summed E-state index contributed by atoms with van der Waals surface area (Å²) in [5.74, 6) is 0.256. The Hall–Kier alpha value is -3.91. The van der Waals surface area contributed by atoms with Gasteiger partial charge >= 0.3 is 0 Å². The van der Waals surface area contributed by atoms with Crippen LogP contribution in [0.3, 0.4) is 0 Å². The standard InChI is InChI=1S/C26H24ClN5O3/c1-15-23-21(13-22(17-7-8-17)28-24(23)32(2)31-15)26(34)30-29-25(33)18-5-3-16(4-6-18)14-35-20-11-9-19(27)10-12-20/h3-6,9-13,17H,7-8,14H2,1-2H3,(H,29,33)(H,30,34). The Morgan fingerprint density at radius 2 is 1.74 bits per heavy atom. The predicted molar refractivity (Wildman–Crippen MR) is 132 cm³/mol. The minimum Gasteiger partial charge on any atom is -0.489 e. The van der Waals surface area contributed by atoms with Gasteiger partial charge in [-0.3, -0.25) is 25.1 Å². The van der Waals surface area contributed by atoms with Crippen molar-refractivity contribution >= 4 is 34.4 Å². The Morgan fingerprint density at radius 3 is 2.43 bits per heavy atom. The highest BCUT2D eigenvalue weighted by Crippen LogP contribution is 2.40. The van der Waals surface area contributed by atoms with Gasteiger partial charge in [0.05, 0.1) is 16.6 Å². The summed E-state index contributed by atoms with van der Waals surface area (Å²) < 4.78 is 7.41. The zero-order valence-electron chi connectivity index (χ0n) is 19.3. The van der Waals surface area contributed by atoms with Gasteiger partial charge in [0.25, 0.3) is 11.8 Å². The summed E-state index contributed by atoms with van der Waals surface area (Å²) in [7, 11) is 1.81. The molecule has 0 unspecified atom stereocenters. The van der Waals surface area contributed by atoms with Crippen molar-refractivity contribution in [2.45, 2.75) is 32.3 Å². The largest absolute Gasteiger partial charge is 0.489 e. The van der Waals surface area contributed by atoms with Crippen LogP contribution in [0.5, 0.6) is 5.75 Å². The van der Waals surface area contributed by atoms with E-state index in [1.54, 1.807) is 53.2 Å². The average molecular weight is 490 g/mol. The Labute approximate surface area is 207 Å². The van der Waals surface area contributed by atoms with Crippen molar-refractivity contribution in [3.63, 3.8) is 0 Å². The first-order valence-electron chi connectivity index (χ1n) is 11.3. The zero-order valence-corrected chi connectivity index (χ0v) is 20.1. The smallest absolute Gasteiger partial charge is 0.270 e. The van der Waals surface area contributed by atoms with Crippen LogP contribution in [-0.2, 0) is 13.7 Å². The molecule has 1 aliphatic rings. The highest BCUT2D eigenvalue weighted by molar-refractivity contribution is 6.30. The zero-order chi connectivity index (χ0) is 24.5. The number of ether oxygens (including phenoxy) is 1. The van der Waals surface area contributed by atoms with E-state index >= 15 is 0 Å². The Morgan fingerprint density at radius 1 is 1.06 bits per heavy atom. The summed E-state index contributed by atoms with van der Waals surface area (Å²) in [5, 5.41) is 5.75. The van der Waals surface area contributed by atoms with E-state index in [-0.39, 0.29) is 0 Å². The molecular weight excluding hydrogens is 466 g/mol. The minimum absolute atomic E-state index is 0.353. The van der Waals surface area contributed by atoms with Gasteiger partial charge in [-0.05, 0) is 67.8 Å². The van der Waals surface area contributed by atoms with E-state index in [2.05, 4.69) is 16.0 Å². The predicted octanol–water partition coefficient (Wildman–Crippen LogP) is 4.46. The molecule has 2 amide bonds. The normalized spacial score (nSPS) is 13.0. The summed E-state index contributed by atoms with van der Waals surface area (Å²) in [5.41, 5.74) is 9.08. The van der Waals surface area contributed by atoms with E-state index in [9.17, 15) is 9.59 Å². The lowest BCUT2D eigenvalue weighted by atomic mass is 10.1. The number of hydrogen-bond donors (Lipinski definition) is 2. The van der Waals surface area contributed by atoms with Crippen molar-refractivity contribution < 1.29 is 14.3 Å². The van der Waals surface area contributed by atoms with Crippen LogP contribution in [0.1, 0.15) is 56.4 Å². The van der Waals surface area contributed by atoms with Gasteiger partial charge in [-0.25, -0.2) is 4.98 Å². The number of aryl methyl sites for hydroxylation is 2. The monoisotopic (exact) mass is 489 g/mol. The first-order chi connectivity index (χ1) is 16.9. The number of amides is 2. The number of rotatable bonds is 6. The number of pyridine rings is 1. The average Bonchev–Trinajstić information content (AvgIpc) is 3.67. The molecule has 0 saturated heterocycles. The highest BCUT2D eigenvalue weighted by Gasteiger charge is 2.28. The van der Waals surface area contributed by atoms with Crippen molar-refractivity contribution in [1.82, 2.24) is 25.6 Å². The lowest BCUT2D eigenvalue weighted by molar-refractivity contribution is 0.0847. The van der Waals surface area contributed by atoms with Crippen LogP contribution in [0.25, 0.3) is 11.0 Å². The number of hydrogen-bond acceptors (Lipinski definition) is 5. The van der Waals surface area contributed by atoms with Crippen molar-refractivity contribution in [1.29, 1.82) is 0 Å². The van der Waals surface area contributed by atoms with E-state index in [1.165, 1.54) is 0 Å². The van der Waals surface area contributed by atoms with Gasteiger partial charge in [-0.1, -0.05) is 23.7 Å². The first kappa shape index (κ1) is 22.9. The Kier molecular flexibility index (Phi) is 6.13. The van der Waals surface area contributed by atoms with Crippen LogP contribution in [0.4, 0.5) is 0 Å². The molecule has 2 aromatic heterocycles. The van der Waals surface area contributed by atoms with Crippen LogP contribution in [0, 0.1) is 6.92 Å².